The number of halogens is 3. The van der Waals surface area contributed by atoms with Crippen molar-refractivity contribution in [3.63, 3.8) is 0 Å². The van der Waals surface area contributed by atoms with Crippen molar-refractivity contribution in [1.82, 2.24) is 20.2 Å². The maximum absolute atomic E-state index is 13.8. The Morgan fingerprint density at radius 1 is 1.07 bits per heavy atom. The Hall–Kier alpha value is -3.71. The summed E-state index contributed by atoms with van der Waals surface area (Å²) in [4.78, 5) is 26.4. The number of sulfone groups is 1. The number of carbonyl (C=O) groups excluding carboxylic acids is 1. The predicted octanol–water partition coefficient (Wildman–Crippen LogP) is 5.22. The van der Waals surface area contributed by atoms with E-state index in [1.807, 2.05) is 31.9 Å². The van der Waals surface area contributed by atoms with Crippen LogP contribution in [0, 0.1) is 0 Å². The van der Waals surface area contributed by atoms with E-state index in [0.29, 0.717) is 42.4 Å². The minimum absolute atomic E-state index is 0.0512. The number of alkyl halides is 3. The molecule has 45 heavy (non-hydrogen) atoms. The molecule has 0 spiro atoms. The molecule has 2 aromatic heterocycles. The van der Waals surface area contributed by atoms with Gasteiger partial charge in [-0.05, 0) is 82.6 Å². The van der Waals surface area contributed by atoms with Gasteiger partial charge in [-0.1, -0.05) is 19.1 Å². The van der Waals surface area contributed by atoms with Crippen LogP contribution >= 0.6 is 0 Å². The fourth-order valence-electron chi connectivity index (χ4n) is 6.27. The molecule has 4 heterocycles. The zero-order valence-corrected chi connectivity index (χ0v) is 26.4. The number of ether oxygens (including phenoxy) is 1. The monoisotopic (exact) mass is 645 g/mol. The van der Waals surface area contributed by atoms with E-state index in [2.05, 4.69) is 15.2 Å². The molecule has 0 aliphatic carbocycles. The number of carbonyl (C=O) groups is 1. The smallest absolute Gasteiger partial charge is 0.417 e. The van der Waals surface area contributed by atoms with E-state index < -0.39 is 31.7 Å². The molecular formula is C32H38F3N5O4S. The first kappa shape index (κ1) is 32.7. The van der Waals surface area contributed by atoms with Crippen LogP contribution in [0.1, 0.15) is 55.6 Å². The standard InChI is InChI=1S/C32H38F3N5O4S/c1-4-22-19-23(45(42,43)28-11-7-6-10-25(28)32(33,34)35)15-18-40(22)27-13-12-26(24-9-8-16-36-31(24)44-5-2)38-29(27)30(41)37-21-14-17-39(3)20-21/h6-13,16,21-23H,4-5,14-15,17-20H2,1-3H3,(H,37,41)/t21-,22-,23+/m1/s1. The molecule has 5 rings (SSSR count). The number of likely N-dealkylation sites (N-methyl/N-ethyl adjacent to an activating group) is 1. The van der Waals surface area contributed by atoms with Crippen LogP contribution in [-0.4, -0.2) is 79.8 Å². The molecule has 1 amide bonds. The number of amides is 1. The molecule has 2 saturated heterocycles. The Kier molecular flexibility index (Phi) is 9.68. The molecule has 0 saturated carbocycles. The van der Waals surface area contributed by atoms with Gasteiger partial charge in [0, 0.05) is 31.4 Å². The third kappa shape index (κ3) is 6.94. The number of nitrogens with zero attached hydrogens (tertiary/aromatic N) is 4. The molecule has 1 N–H and O–H groups in total. The van der Waals surface area contributed by atoms with Gasteiger partial charge in [0.25, 0.3) is 5.91 Å². The van der Waals surface area contributed by atoms with E-state index in [0.717, 1.165) is 25.1 Å². The third-order valence-electron chi connectivity index (χ3n) is 8.53. The first-order valence-electron chi connectivity index (χ1n) is 15.2. The van der Waals surface area contributed by atoms with Crippen LogP contribution in [0.2, 0.25) is 0 Å². The highest BCUT2D eigenvalue weighted by Crippen LogP contribution is 2.39. The van der Waals surface area contributed by atoms with Crippen molar-refractivity contribution in [2.45, 2.75) is 67.9 Å². The van der Waals surface area contributed by atoms with Gasteiger partial charge in [0.15, 0.2) is 15.5 Å². The number of anilines is 1. The number of rotatable bonds is 9. The molecule has 9 nitrogen and oxygen atoms in total. The summed E-state index contributed by atoms with van der Waals surface area (Å²) < 4.78 is 74.2. The number of pyridine rings is 2. The molecular weight excluding hydrogens is 607 g/mol. The SMILES string of the molecule is CCOc1ncccc1-c1ccc(N2CC[C@H](S(=O)(=O)c3ccccc3C(F)(F)F)C[C@H]2CC)c(C(=O)N[C@@H]2CCN(C)C2)n1. The van der Waals surface area contributed by atoms with Crippen LogP contribution in [0.4, 0.5) is 18.9 Å². The second-order valence-corrected chi connectivity index (χ2v) is 13.7. The number of piperidine rings is 1. The Morgan fingerprint density at radius 2 is 1.84 bits per heavy atom. The number of hydrogen-bond acceptors (Lipinski definition) is 8. The summed E-state index contributed by atoms with van der Waals surface area (Å²) in [6.45, 7) is 5.93. The molecule has 2 fully saturated rings. The molecule has 2 aliphatic rings. The van der Waals surface area contributed by atoms with Gasteiger partial charge in [0.2, 0.25) is 5.88 Å². The van der Waals surface area contributed by atoms with Crippen molar-refractivity contribution >= 4 is 21.4 Å². The highest BCUT2D eigenvalue weighted by molar-refractivity contribution is 7.92. The largest absolute Gasteiger partial charge is 0.477 e. The highest BCUT2D eigenvalue weighted by Gasteiger charge is 2.42. The van der Waals surface area contributed by atoms with Crippen LogP contribution in [0.25, 0.3) is 11.3 Å². The number of likely N-dealkylation sites (tertiary alicyclic amines) is 1. The molecule has 0 unspecified atom stereocenters. The van der Waals surface area contributed by atoms with Gasteiger partial charge in [-0.2, -0.15) is 13.2 Å². The first-order chi connectivity index (χ1) is 21.4. The Balaban J connectivity index is 1.49. The number of hydrogen-bond donors (Lipinski definition) is 1. The van der Waals surface area contributed by atoms with Crippen LogP contribution in [0.3, 0.4) is 0 Å². The minimum atomic E-state index is -4.80. The van der Waals surface area contributed by atoms with Crippen molar-refractivity contribution in [2.24, 2.45) is 0 Å². The van der Waals surface area contributed by atoms with E-state index in [1.165, 1.54) is 12.1 Å². The third-order valence-corrected chi connectivity index (χ3v) is 10.8. The number of benzene rings is 1. The topological polar surface area (TPSA) is 105 Å². The molecule has 3 atom stereocenters. The zero-order valence-electron chi connectivity index (χ0n) is 25.5. The van der Waals surface area contributed by atoms with Crippen molar-refractivity contribution in [3.05, 3.63) is 66.0 Å². The van der Waals surface area contributed by atoms with Crippen molar-refractivity contribution in [3.8, 4) is 17.1 Å². The maximum Gasteiger partial charge on any atom is 0.417 e. The number of nitrogens with one attached hydrogen (secondary N) is 1. The fraction of sp³-hybridized carbons (Fsp3) is 0.469. The lowest BCUT2D eigenvalue weighted by molar-refractivity contribution is -0.139. The molecule has 3 aromatic rings. The quantitative estimate of drug-likeness (QED) is 0.338. The fourth-order valence-corrected chi connectivity index (χ4v) is 8.28. The van der Waals surface area contributed by atoms with E-state index >= 15 is 0 Å². The maximum atomic E-state index is 13.8. The minimum Gasteiger partial charge on any atom is -0.477 e. The van der Waals surface area contributed by atoms with Crippen LogP contribution in [-0.2, 0) is 16.0 Å². The molecule has 1 aromatic carbocycles. The molecule has 0 radical (unpaired) electrons. The molecule has 242 valence electrons. The summed E-state index contributed by atoms with van der Waals surface area (Å²) in [5.41, 5.74) is 0.705. The lowest BCUT2D eigenvalue weighted by atomic mass is 9.98. The molecule has 2 aliphatic heterocycles. The van der Waals surface area contributed by atoms with Gasteiger partial charge in [-0.15, -0.1) is 0 Å². The van der Waals surface area contributed by atoms with Crippen LogP contribution in [0.15, 0.2) is 59.6 Å². The highest BCUT2D eigenvalue weighted by atomic mass is 32.2. The lowest BCUT2D eigenvalue weighted by Gasteiger charge is -2.41. The van der Waals surface area contributed by atoms with Crippen molar-refractivity contribution in [1.29, 1.82) is 0 Å². The predicted molar refractivity (Wildman–Crippen MR) is 165 cm³/mol. The Morgan fingerprint density at radius 3 is 2.53 bits per heavy atom. The lowest BCUT2D eigenvalue weighted by Crippen LogP contribution is -2.47. The van der Waals surface area contributed by atoms with Gasteiger partial charge >= 0.3 is 6.18 Å². The van der Waals surface area contributed by atoms with Crippen molar-refractivity contribution < 1.29 is 31.1 Å². The summed E-state index contributed by atoms with van der Waals surface area (Å²) in [5, 5.41) is 2.10. The van der Waals surface area contributed by atoms with E-state index in [9.17, 15) is 26.4 Å². The Bertz CT molecular complexity index is 1630. The Labute approximate surface area is 261 Å². The molecule has 13 heteroatoms. The van der Waals surface area contributed by atoms with Gasteiger partial charge in [0.05, 0.1) is 39.3 Å². The van der Waals surface area contributed by atoms with E-state index in [4.69, 9.17) is 9.72 Å². The van der Waals surface area contributed by atoms with Gasteiger partial charge in [-0.3, -0.25) is 4.79 Å². The summed E-state index contributed by atoms with van der Waals surface area (Å²) in [6, 6.07) is 11.1. The molecule has 0 bridgehead atoms. The van der Waals surface area contributed by atoms with Crippen LogP contribution < -0.4 is 15.0 Å². The second kappa shape index (κ2) is 13.3. The van der Waals surface area contributed by atoms with Gasteiger partial charge in [-0.25, -0.2) is 18.4 Å². The van der Waals surface area contributed by atoms with E-state index in [-0.39, 0.29) is 43.1 Å². The summed E-state index contributed by atoms with van der Waals surface area (Å²) in [7, 11) is -2.30. The van der Waals surface area contributed by atoms with Gasteiger partial charge < -0.3 is 19.9 Å². The summed E-state index contributed by atoms with van der Waals surface area (Å²) in [6.07, 6.45) is -1.66. The zero-order chi connectivity index (χ0) is 32.4. The average Bonchev–Trinajstić information content (AvgIpc) is 3.44. The van der Waals surface area contributed by atoms with Crippen molar-refractivity contribution in [2.75, 3.05) is 38.2 Å². The normalized spacial score (nSPS) is 21.1. The summed E-state index contributed by atoms with van der Waals surface area (Å²) in [5.74, 6) is 0.0401. The van der Waals surface area contributed by atoms with Gasteiger partial charge in [0.1, 0.15) is 0 Å². The van der Waals surface area contributed by atoms with Crippen LogP contribution in [0.5, 0.6) is 5.88 Å². The number of aromatic nitrogens is 2. The average molecular weight is 646 g/mol. The summed E-state index contributed by atoms with van der Waals surface area (Å²) >= 11 is 0. The second-order valence-electron chi connectivity index (χ2n) is 11.5. The first-order valence-corrected chi connectivity index (χ1v) is 16.7. The van der Waals surface area contributed by atoms with E-state index in [1.54, 1.807) is 24.4 Å².